The first-order chi connectivity index (χ1) is 8.39. The molecule has 0 radical (unpaired) electrons. The third-order valence-electron chi connectivity index (χ3n) is 3.15. The van der Waals surface area contributed by atoms with Crippen molar-refractivity contribution in [3.63, 3.8) is 0 Å². The molecule has 0 saturated carbocycles. The SMILES string of the molecule is CCN(CC)CCCNC(=O)C(C)(C)C(N)=NO. The van der Waals surface area contributed by atoms with Gasteiger partial charge in [-0.15, -0.1) is 0 Å². The minimum atomic E-state index is -0.982. The number of nitrogens with two attached hydrogens (primary N) is 1. The van der Waals surface area contributed by atoms with E-state index in [9.17, 15) is 4.79 Å². The van der Waals surface area contributed by atoms with Crippen LogP contribution in [0.5, 0.6) is 0 Å². The molecule has 0 heterocycles. The quantitative estimate of drug-likeness (QED) is 0.195. The number of amides is 1. The minimum Gasteiger partial charge on any atom is -0.409 e. The van der Waals surface area contributed by atoms with E-state index in [1.54, 1.807) is 13.8 Å². The molecular weight excluding hydrogens is 232 g/mol. The number of rotatable bonds is 8. The fourth-order valence-corrected chi connectivity index (χ4v) is 1.51. The molecule has 4 N–H and O–H groups in total. The van der Waals surface area contributed by atoms with Crippen LogP contribution in [0.1, 0.15) is 34.1 Å². The molecule has 0 spiro atoms. The van der Waals surface area contributed by atoms with Crippen molar-refractivity contribution in [3.05, 3.63) is 0 Å². The number of nitrogens with zero attached hydrogens (tertiary/aromatic N) is 2. The van der Waals surface area contributed by atoms with Crippen molar-refractivity contribution < 1.29 is 10.0 Å². The largest absolute Gasteiger partial charge is 0.409 e. The first-order valence-electron chi connectivity index (χ1n) is 6.38. The van der Waals surface area contributed by atoms with E-state index in [0.29, 0.717) is 6.54 Å². The van der Waals surface area contributed by atoms with Gasteiger partial charge in [0.2, 0.25) is 5.91 Å². The van der Waals surface area contributed by atoms with Crippen LogP contribution in [-0.4, -0.2) is 48.0 Å². The Kier molecular flexibility index (Phi) is 7.35. The standard InChI is InChI=1S/C12H26N4O2/c1-5-16(6-2)9-7-8-14-11(17)12(3,4)10(13)15-18/h18H,5-9H2,1-4H3,(H2,13,15)(H,14,17). The van der Waals surface area contributed by atoms with Crippen LogP contribution < -0.4 is 11.1 Å². The van der Waals surface area contributed by atoms with Crippen molar-refractivity contribution in [3.8, 4) is 0 Å². The van der Waals surface area contributed by atoms with Gasteiger partial charge < -0.3 is 21.2 Å². The van der Waals surface area contributed by atoms with Gasteiger partial charge in [0.25, 0.3) is 0 Å². The van der Waals surface area contributed by atoms with Gasteiger partial charge in [0.05, 0.1) is 0 Å². The molecule has 0 atom stereocenters. The summed E-state index contributed by atoms with van der Waals surface area (Å²) in [6.07, 6.45) is 0.889. The van der Waals surface area contributed by atoms with E-state index in [1.807, 2.05) is 0 Å². The van der Waals surface area contributed by atoms with E-state index < -0.39 is 5.41 Å². The zero-order chi connectivity index (χ0) is 14.2. The van der Waals surface area contributed by atoms with Gasteiger partial charge in [-0.2, -0.15) is 0 Å². The van der Waals surface area contributed by atoms with Crippen LogP contribution in [0.3, 0.4) is 0 Å². The number of carbonyl (C=O) groups is 1. The second kappa shape index (κ2) is 7.92. The first-order valence-corrected chi connectivity index (χ1v) is 6.38. The van der Waals surface area contributed by atoms with Gasteiger partial charge in [-0.25, -0.2) is 0 Å². The maximum atomic E-state index is 11.9. The topological polar surface area (TPSA) is 91.0 Å². The number of oxime groups is 1. The fraction of sp³-hybridized carbons (Fsp3) is 0.833. The number of hydrogen-bond donors (Lipinski definition) is 3. The van der Waals surface area contributed by atoms with Crippen molar-refractivity contribution in [1.29, 1.82) is 0 Å². The molecule has 6 heteroatoms. The van der Waals surface area contributed by atoms with Crippen molar-refractivity contribution in [2.24, 2.45) is 16.3 Å². The Morgan fingerprint density at radius 1 is 1.39 bits per heavy atom. The molecule has 0 saturated heterocycles. The van der Waals surface area contributed by atoms with E-state index in [-0.39, 0.29) is 11.7 Å². The summed E-state index contributed by atoms with van der Waals surface area (Å²) in [4.78, 5) is 14.1. The molecule has 6 nitrogen and oxygen atoms in total. The predicted octanol–water partition coefficient (Wildman–Crippen LogP) is 0.607. The molecule has 0 fully saturated rings. The van der Waals surface area contributed by atoms with E-state index >= 15 is 0 Å². The predicted molar refractivity (Wildman–Crippen MR) is 72.6 cm³/mol. The monoisotopic (exact) mass is 258 g/mol. The Balaban J connectivity index is 4.05. The van der Waals surface area contributed by atoms with Crippen LogP contribution in [0.2, 0.25) is 0 Å². The van der Waals surface area contributed by atoms with Crippen LogP contribution in [0, 0.1) is 5.41 Å². The van der Waals surface area contributed by atoms with Gasteiger partial charge in [0.15, 0.2) is 5.84 Å². The highest BCUT2D eigenvalue weighted by Crippen LogP contribution is 2.14. The number of hydrogen-bond acceptors (Lipinski definition) is 4. The number of carbonyl (C=O) groups excluding carboxylic acids is 1. The van der Waals surface area contributed by atoms with E-state index in [2.05, 4.69) is 29.2 Å². The highest BCUT2D eigenvalue weighted by molar-refractivity contribution is 6.05. The van der Waals surface area contributed by atoms with E-state index in [0.717, 1.165) is 26.1 Å². The van der Waals surface area contributed by atoms with Gasteiger partial charge in [-0.1, -0.05) is 19.0 Å². The summed E-state index contributed by atoms with van der Waals surface area (Å²) in [7, 11) is 0. The second-order valence-corrected chi connectivity index (χ2v) is 4.75. The summed E-state index contributed by atoms with van der Waals surface area (Å²) in [5.74, 6) is -0.305. The van der Waals surface area contributed by atoms with Gasteiger partial charge in [-0.3, -0.25) is 4.79 Å². The molecule has 0 aliphatic rings. The lowest BCUT2D eigenvalue weighted by molar-refractivity contribution is -0.126. The second-order valence-electron chi connectivity index (χ2n) is 4.75. The van der Waals surface area contributed by atoms with Crippen molar-refractivity contribution in [2.45, 2.75) is 34.1 Å². The highest BCUT2D eigenvalue weighted by atomic mass is 16.4. The molecule has 1 amide bonds. The molecule has 0 unspecified atom stereocenters. The molecule has 0 aromatic carbocycles. The average Bonchev–Trinajstić information content (AvgIpc) is 2.37. The Morgan fingerprint density at radius 2 is 1.94 bits per heavy atom. The van der Waals surface area contributed by atoms with Crippen molar-refractivity contribution >= 4 is 11.7 Å². The van der Waals surface area contributed by atoms with E-state index in [4.69, 9.17) is 10.9 Å². The number of amidine groups is 1. The molecular formula is C12H26N4O2. The zero-order valence-electron chi connectivity index (χ0n) is 11.9. The lowest BCUT2D eigenvalue weighted by atomic mass is 9.91. The normalized spacial score (nSPS) is 12.8. The lowest BCUT2D eigenvalue weighted by Gasteiger charge is -2.22. The molecule has 0 aliphatic carbocycles. The number of nitrogens with one attached hydrogen (secondary N) is 1. The van der Waals surface area contributed by atoms with Crippen LogP contribution in [0.25, 0.3) is 0 Å². The summed E-state index contributed by atoms with van der Waals surface area (Å²) < 4.78 is 0. The van der Waals surface area contributed by atoms with Crippen LogP contribution in [-0.2, 0) is 4.79 Å². The third kappa shape index (κ3) is 4.91. The van der Waals surface area contributed by atoms with Gasteiger partial charge in [0, 0.05) is 6.54 Å². The van der Waals surface area contributed by atoms with Crippen LogP contribution >= 0.6 is 0 Å². The first kappa shape index (κ1) is 16.7. The summed E-state index contributed by atoms with van der Waals surface area (Å²) in [5.41, 5.74) is 4.50. The Bertz CT molecular complexity index is 286. The summed E-state index contributed by atoms with van der Waals surface area (Å²) in [5, 5.41) is 14.3. The molecule has 0 aromatic heterocycles. The third-order valence-corrected chi connectivity index (χ3v) is 3.15. The summed E-state index contributed by atoms with van der Waals surface area (Å²) in [6, 6.07) is 0. The summed E-state index contributed by atoms with van der Waals surface area (Å²) in [6.45, 7) is 11.1. The zero-order valence-corrected chi connectivity index (χ0v) is 11.9. The lowest BCUT2D eigenvalue weighted by Crippen LogP contribution is -2.46. The van der Waals surface area contributed by atoms with Gasteiger partial charge in [0.1, 0.15) is 5.41 Å². The molecule has 106 valence electrons. The average molecular weight is 258 g/mol. The Labute approximate surface area is 109 Å². The van der Waals surface area contributed by atoms with Crippen molar-refractivity contribution in [1.82, 2.24) is 10.2 Å². The maximum Gasteiger partial charge on any atom is 0.233 e. The molecule has 0 bridgehead atoms. The van der Waals surface area contributed by atoms with Gasteiger partial charge in [-0.05, 0) is 39.9 Å². The smallest absolute Gasteiger partial charge is 0.233 e. The molecule has 0 aliphatic heterocycles. The van der Waals surface area contributed by atoms with Crippen molar-refractivity contribution in [2.75, 3.05) is 26.2 Å². The van der Waals surface area contributed by atoms with E-state index in [1.165, 1.54) is 0 Å². The maximum absolute atomic E-state index is 11.9. The highest BCUT2D eigenvalue weighted by Gasteiger charge is 2.32. The Hall–Kier alpha value is -1.30. The minimum absolute atomic E-state index is 0.0799. The van der Waals surface area contributed by atoms with Crippen LogP contribution in [0.15, 0.2) is 5.16 Å². The molecule has 18 heavy (non-hydrogen) atoms. The van der Waals surface area contributed by atoms with Gasteiger partial charge >= 0.3 is 0 Å². The molecule has 0 aromatic rings. The molecule has 0 rings (SSSR count). The Morgan fingerprint density at radius 3 is 2.39 bits per heavy atom. The fourth-order valence-electron chi connectivity index (χ4n) is 1.51. The summed E-state index contributed by atoms with van der Waals surface area (Å²) >= 11 is 0. The van der Waals surface area contributed by atoms with Crippen LogP contribution in [0.4, 0.5) is 0 Å².